The molecule has 0 amide bonds. The minimum absolute atomic E-state index is 0.147. The summed E-state index contributed by atoms with van der Waals surface area (Å²) in [7, 11) is 0. The molecular formula is C11H7FN4O2S. The van der Waals surface area contributed by atoms with E-state index in [2.05, 4.69) is 24.9 Å². The Kier molecular flexibility index (Phi) is 3.00. The lowest BCUT2D eigenvalue weighted by molar-refractivity contribution is 0.315. The highest BCUT2D eigenvalue weighted by Gasteiger charge is 2.09. The van der Waals surface area contributed by atoms with Crippen molar-refractivity contribution in [2.45, 2.75) is 10.8 Å². The fourth-order valence-electron chi connectivity index (χ4n) is 1.60. The van der Waals surface area contributed by atoms with Crippen molar-refractivity contribution >= 4 is 22.8 Å². The third-order valence-corrected chi connectivity index (χ3v) is 3.52. The first-order valence-corrected chi connectivity index (χ1v) is 6.30. The predicted octanol–water partition coefficient (Wildman–Crippen LogP) is 1.74. The fourth-order valence-corrected chi connectivity index (χ4v) is 2.48. The molecule has 0 radical (unpaired) electrons. The molecule has 0 saturated carbocycles. The summed E-state index contributed by atoms with van der Waals surface area (Å²) in [5.74, 6) is -0.127. The van der Waals surface area contributed by atoms with Crippen LogP contribution in [0.5, 0.6) is 0 Å². The number of hydrogen-bond donors (Lipinski definition) is 1. The second kappa shape index (κ2) is 4.81. The van der Waals surface area contributed by atoms with Gasteiger partial charge in [0.2, 0.25) is 0 Å². The second-order valence-electron chi connectivity index (χ2n) is 3.70. The second-order valence-corrected chi connectivity index (χ2v) is 4.69. The third-order valence-electron chi connectivity index (χ3n) is 2.47. The molecule has 0 aliphatic heterocycles. The molecule has 1 aromatic carbocycles. The minimum Gasteiger partial charge on any atom is -0.298 e. The van der Waals surface area contributed by atoms with Gasteiger partial charge in [0.25, 0.3) is 0 Å². The number of thioether (sulfide) groups is 1. The normalized spacial score (nSPS) is 11.0. The van der Waals surface area contributed by atoms with E-state index in [-0.39, 0.29) is 5.03 Å². The van der Waals surface area contributed by atoms with Crippen molar-refractivity contribution in [2.24, 2.45) is 0 Å². The van der Waals surface area contributed by atoms with Gasteiger partial charge in [-0.2, -0.15) is 4.98 Å². The van der Waals surface area contributed by atoms with E-state index < -0.39 is 11.5 Å². The first-order chi connectivity index (χ1) is 9.24. The van der Waals surface area contributed by atoms with Crippen LogP contribution in [-0.4, -0.2) is 20.3 Å². The van der Waals surface area contributed by atoms with Gasteiger partial charge >= 0.3 is 5.69 Å². The summed E-state index contributed by atoms with van der Waals surface area (Å²) in [6, 6.07) is 5.43. The molecule has 0 saturated heterocycles. The molecule has 0 aliphatic carbocycles. The van der Waals surface area contributed by atoms with Crippen molar-refractivity contribution in [1.82, 2.24) is 20.3 Å². The molecule has 19 heavy (non-hydrogen) atoms. The average molecular weight is 278 g/mol. The molecule has 6 nitrogen and oxygen atoms in total. The maximum atomic E-state index is 13.4. The van der Waals surface area contributed by atoms with Gasteiger partial charge < -0.3 is 0 Å². The van der Waals surface area contributed by atoms with Gasteiger partial charge in [-0.1, -0.05) is 12.1 Å². The summed E-state index contributed by atoms with van der Waals surface area (Å²) in [5, 5.41) is 7.67. The molecule has 0 aliphatic rings. The van der Waals surface area contributed by atoms with E-state index in [1.165, 1.54) is 0 Å². The number of fused-ring (bicyclic) bond motifs is 1. The van der Waals surface area contributed by atoms with Crippen molar-refractivity contribution in [3.63, 3.8) is 0 Å². The van der Waals surface area contributed by atoms with Gasteiger partial charge in [0.1, 0.15) is 16.1 Å². The lowest BCUT2D eigenvalue weighted by atomic mass is 10.2. The number of benzene rings is 1. The van der Waals surface area contributed by atoms with Crippen molar-refractivity contribution in [2.75, 3.05) is 0 Å². The highest BCUT2D eigenvalue weighted by Crippen LogP contribution is 2.25. The summed E-state index contributed by atoms with van der Waals surface area (Å²) >= 11 is 1.15. The highest BCUT2D eigenvalue weighted by molar-refractivity contribution is 7.98. The van der Waals surface area contributed by atoms with E-state index in [1.807, 2.05) is 12.1 Å². The van der Waals surface area contributed by atoms with E-state index in [9.17, 15) is 9.18 Å². The highest BCUT2D eigenvalue weighted by atomic mass is 32.2. The van der Waals surface area contributed by atoms with Crippen LogP contribution in [0.1, 0.15) is 5.56 Å². The van der Waals surface area contributed by atoms with Gasteiger partial charge in [0.05, 0.1) is 6.20 Å². The van der Waals surface area contributed by atoms with Crippen LogP contribution in [0.2, 0.25) is 0 Å². The molecule has 2 aromatic heterocycles. The Bertz CT molecular complexity index is 785. The molecule has 0 bridgehead atoms. The standard InChI is InChI=1S/C11H7FN4O2S/c12-7-4-13-11(17)14-10(7)19-5-6-2-1-3-8-9(6)16-18-15-8/h1-4H,5H2,(H,13,14,17). The lowest BCUT2D eigenvalue weighted by Gasteiger charge is -2.02. The number of aromatic nitrogens is 4. The lowest BCUT2D eigenvalue weighted by Crippen LogP contribution is -2.11. The maximum absolute atomic E-state index is 13.4. The number of nitrogens with zero attached hydrogens (tertiary/aromatic N) is 3. The van der Waals surface area contributed by atoms with E-state index in [0.717, 1.165) is 23.5 Å². The number of hydrogen-bond acceptors (Lipinski definition) is 6. The van der Waals surface area contributed by atoms with Crippen LogP contribution in [0.15, 0.2) is 38.8 Å². The molecular weight excluding hydrogens is 271 g/mol. The molecule has 0 unspecified atom stereocenters. The van der Waals surface area contributed by atoms with Gasteiger partial charge in [0, 0.05) is 5.75 Å². The molecule has 2 heterocycles. The van der Waals surface area contributed by atoms with E-state index >= 15 is 0 Å². The van der Waals surface area contributed by atoms with Crippen molar-refractivity contribution in [3.05, 3.63) is 46.3 Å². The Morgan fingerprint density at radius 2 is 2.26 bits per heavy atom. The molecule has 0 spiro atoms. The van der Waals surface area contributed by atoms with Crippen LogP contribution in [0.4, 0.5) is 4.39 Å². The third kappa shape index (κ3) is 2.34. The Morgan fingerprint density at radius 3 is 3.16 bits per heavy atom. The molecule has 0 atom stereocenters. The molecule has 8 heteroatoms. The number of rotatable bonds is 3. The van der Waals surface area contributed by atoms with Gasteiger partial charge in [-0.3, -0.25) is 4.98 Å². The van der Waals surface area contributed by atoms with Gasteiger partial charge in [0.15, 0.2) is 5.82 Å². The summed E-state index contributed by atoms with van der Waals surface area (Å²) in [6.07, 6.45) is 0.902. The number of halogens is 1. The van der Waals surface area contributed by atoms with Crippen LogP contribution >= 0.6 is 11.8 Å². The Hall–Kier alpha value is -2.22. The van der Waals surface area contributed by atoms with E-state index in [1.54, 1.807) is 6.07 Å². The topological polar surface area (TPSA) is 84.7 Å². The van der Waals surface area contributed by atoms with Crippen LogP contribution in [0.3, 0.4) is 0 Å². The zero-order valence-corrected chi connectivity index (χ0v) is 10.3. The molecule has 1 N–H and O–H groups in total. The summed E-state index contributed by atoms with van der Waals surface area (Å²) in [4.78, 5) is 16.7. The van der Waals surface area contributed by atoms with E-state index in [0.29, 0.717) is 16.8 Å². The van der Waals surface area contributed by atoms with E-state index in [4.69, 9.17) is 0 Å². The Balaban J connectivity index is 1.88. The molecule has 3 rings (SSSR count). The molecule has 0 fully saturated rings. The van der Waals surface area contributed by atoms with Gasteiger partial charge in [-0.15, -0.1) is 11.8 Å². The van der Waals surface area contributed by atoms with Crippen LogP contribution in [-0.2, 0) is 5.75 Å². The summed E-state index contributed by atoms with van der Waals surface area (Å²) in [5.41, 5.74) is 1.54. The zero-order valence-electron chi connectivity index (χ0n) is 9.46. The summed E-state index contributed by atoms with van der Waals surface area (Å²) in [6.45, 7) is 0. The number of aromatic amines is 1. The van der Waals surface area contributed by atoms with Crippen LogP contribution < -0.4 is 5.69 Å². The first-order valence-electron chi connectivity index (χ1n) is 5.32. The Morgan fingerprint density at radius 1 is 1.37 bits per heavy atom. The minimum atomic E-state index is -0.579. The number of H-pyrrole nitrogens is 1. The Labute approximate surface area is 110 Å². The van der Waals surface area contributed by atoms with Crippen LogP contribution in [0, 0.1) is 5.82 Å². The monoisotopic (exact) mass is 278 g/mol. The largest absolute Gasteiger partial charge is 0.345 e. The average Bonchev–Trinajstić information content (AvgIpc) is 2.88. The SMILES string of the molecule is O=c1ncc(F)c(SCc2cccc3nonc23)[nH]1. The van der Waals surface area contributed by atoms with Crippen molar-refractivity contribution < 1.29 is 9.02 Å². The zero-order chi connectivity index (χ0) is 13.2. The first kappa shape index (κ1) is 11.8. The summed E-state index contributed by atoms with van der Waals surface area (Å²) < 4.78 is 18.1. The van der Waals surface area contributed by atoms with Crippen molar-refractivity contribution in [3.8, 4) is 0 Å². The van der Waals surface area contributed by atoms with Gasteiger partial charge in [-0.05, 0) is 21.9 Å². The fraction of sp³-hybridized carbons (Fsp3) is 0.0909. The maximum Gasteiger partial charge on any atom is 0.345 e. The number of nitrogens with one attached hydrogen (secondary N) is 1. The molecule has 96 valence electrons. The predicted molar refractivity (Wildman–Crippen MR) is 66.2 cm³/mol. The quantitative estimate of drug-likeness (QED) is 0.580. The molecule has 3 aromatic rings. The van der Waals surface area contributed by atoms with Crippen LogP contribution in [0.25, 0.3) is 11.0 Å². The smallest absolute Gasteiger partial charge is 0.298 e. The van der Waals surface area contributed by atoms with Gasteiger partial charge in [-0.25, -0.2) is 13.8 Å². The van der Waals surface area contributed by atoms with Crippen molar-refractivity contribution in [1.29, 1.82) is 0 Å².